The zero-order chi connectivity index (χ0) is 11.7. The second-order valence-corrected chi connectivity index (χ2v) is 3.51. The van der Waals surface area contributed by atoms with Gasteiger partial charge in [-0.15, -0.1) is 13.2 Å². The van der Waals surface area contributed by atoms with Crippen LogP contribution >= 0.6 is 0 Å². The van der Waals surface area contributed by atoms with Crippen molar-refractivity contribution < 1.29 is 19.1 Å². The fraction of sp³-hybridized carbons (Fsp3) is 0.455. The van der Waals surface area contributed by atoms with Crippen LogP contribution in [0.3, 0.4) is 0 Å². The van der Waals surface area contributed by atoms with E-state index in [1.54, 1.807) is 0 Å². The summed E-state index contributed by atoms with van der Waals surface area (Å²) in [4.78, 5) is 23.2. The fourth-order valence-electron chi connectivity index (χ4n) is 1.93. The quantitative estimate of drug-likeness (QED) is 0.396. The third kappa shape index (κ3) is 1.21. The van der Waals surface area contributed by atoms with E-state index in [-0.39, 0.29) is 0 Å². The van der Waals surface area contributed by atoms with Crippen LogP contribution in [-0.2, 0) is 19.1 Å². The van der Waals surface area contributed by atoms with Crippen LogP contribution in [0.2, 0.25) is 0 Å². The maximum atomic E-state index is 11.6. The monoisotopic (exact) mass is 210 g/mol. The van der Waals surface area contributed by atoms with Crippen LogP contribution in [0.1, 0.15) is 6.42 Å². The van der Waals surface area contributed by atoms with Crippen LogP contribution in [0.5, 0.6) is 0 Å². The molecule has 0 saturated heterocycles. The van der Waals surface area contributed by atoms with Gasteiger partial charge in [0, 0.05) is 5.41 Å². The SMILES string of the molecule is C=CC1(C=C)CC1(C(=O)OC)C(=O)OC. The van der Waals surface area contributed by atoms with Gasteiger partial charge in [0.2, 0.25) is 0 Å². The van der Waals surface area contributed by atoms with Crippen molar-refractivity contribution in [2.75, 3.05) is 14.2 Å². The first-order valence-corrected chi connectivity index (χ1v) is 4.48. The summed E-state index contributed by atoms with van der Waals surface area (Å²) >= 11 is 0. The summed E-state index contributed by atoms with van der Waals surface area (Å²) in [6.45, 7) is 7.22. The maximum Gasteiger partial charge on any atom is 0.324 e. The minimum atomic E-state index is -1.28. The molecule has 0 amide bonds. The van der Waals surface area contributed by atoms with Gasteiger partial charge in [0.05, 0.1) is 14.2 Å². The van der Waals surface area contributed by atoms with Gasteiger partial charge in [0.25, 0.3) is 0 Å². The molecule has 0 aliphatic heterocycles. The Morgan fingerprint density at radius 1 is 1.13 bits per heavy atom. The number of ether oxygens (including phenoxy) is 2. The fourth-order valence-corrected chi connectivity index (χ4v) is 1.93. The molecule has 0 aromatic carbocycles. The van der Waals surface area contributed by atoms with Crippen molar-refractivity contribution in [3.05, 3.63) is 25.3 Å². The van der Waals surface area contributed by atoms with Gasteiger partial charge in [-0.2, -0.15) is 0 Å². The molecule has 15 heavy (non-hydrogen) atoms. The Labute approximate surface area is 88.6 Å². The lowest BCUT2D eigenvalue weighted by atomic mass is 9.92. The highest BCUT2D eigenvalue weighted by Gasteiger charge is 2.75. The van der Waals surface area contributed by atoms with E-state index in [1.165, 1.54) is 26.4 Å². The average molecular weight is 210 g/mol. The first kappa shape index (κ1) is 11.5. The zero-order valence-corrected chi connectivity index (χ0v) is 8.91. The molecule has 4 nitrogen and oxygen atoms in total. The summed E-state index contributed by atoms with van der Waals surface area (Å²) in [5, 5.41) is 0. The summed E-state index contributed by atoms with van der Waals surface area (Å²) in [7, 11) is 2.48. The van der Waals surface area contributed by atoms with E-state index in [1.807, 2.05) is 0 Å². The summed E-state index contributed by atoms with van der Waals surface area (Å²) in [6, 6.07) is 0. The van der Waals surface area contributed by atoms with Crippen molar-refractivity contribution in [2.24, 2.45) is 10.8 Å². The molecule has 0 bridgehead atoms. The van der Waals surface area contributed by atoms with Crippen LogP contribution in [0.25, 0.3) is 0 Å². The topological polar surface area (TPSA) is 52.6 Å². The smallest absolute Gasteiger partial charge is 0.324 e. The molecule has 1 rings (SSSR count). The summed E-state index contributed by atoms with van der Waals surface area (Å²) in [5.74, 6) is -1.21. The second kappa shape index (κ2) is 3.53. The van der Waals surface area contributed by atoms with E-state index in [2.05, 4.69) is 22.6 Å². The van der Waals surface area contributed by atoms with E-state index >= 15 is 0 Å². The van der Waals surface area contributed by atoms with Gasteiger partial charge < -0.3 is 9.47 Å². The second-order valence-electron chi connectivity index (χ2n) is 3.51. The first-order chi connectivity index (χ1) is 7.04. The van der Waals surface area contributed by atoms with Crippen molar-refractivity contribution in [1.82, 2.24) is 0 Å². The third-order valence-corrected chi connectivity index (χ3v) is 3.02. The summed E-state index contributed by atoms with van der Waals surface area (Å²) < 4.78 is 9.25. The Hall–Kier alpha value is -1.58. The highest BCUT2D eigenvalue weighted by Crippen LogP contribution is 2.66. The van der Waals surface area contributed by atoms with Gasteiger partial charge in [-0.1, -0.05) is 12.2 Å². The lowest BCUT2D eigenvalue weighted by Gasteiger charge is -2.15. The highest BCUT2D eigenvalue weighted by atomic mass is 16.5. The Balaban J connectivity index is 3.14. The third-order valence-electron chi connectivity index (χ3n) is 3.02. The molecule has 1 aliphatic carbocycles. The molecule has 0 atom stereocenters. The molecule has 0 radical (unpaired) electrons. The Kier molecular flexibility index (Phi) is 2.71. The molecular weight excluding hydrogens is 196 g/mol. The first-order valence-electron chi connectivity index (χ1n) is 4.48. The molecule has 4 heteroatoms. The van der Waals surface area contributed by atoms with Gasteiger partial charge in [0.15, 0.2) is 5.41 Å². The molecule has 0 aromatic heterocycles. The van der Waals surface area contributed by atoms with E-state index in [9.17, 15) is 9.59 Å². The summed E-state index contributed by atoms with van der Waals surface area (Å²) in [6.07, 6.45) is 3.38. The van der Waals surface area contributed by atoms with Crippen molar-refractivity contribution in [3.63, 3.8) is 0 Å². The molecule has 0 unspecified atom stereocenters. The van der Waals surface area contributed by atoms with Crippen molar-refractivity contribution in [1.29, 1.82) is 0 Å². The molecule has 0 aromatic rings. The minimum absolute atomic E-state index is 0.312. The lowest BCUT2D eigenvalue weighted by molar-refractivity contribution is -0.162. The number of allylic oxidation sites excluding steroid dienone is 2. The Bertz CT molecular complexity index is 305. The van der Waals surface area contributed by atoms with Crippen LogP contribution < -0.4 is 0 Å². The van der Waals surface area contributed by atoms with Crippen LogP contribution in [-0.4, -0.2) is 26.2 Å². The number of hydrogen-bond donors (Lipinski definition) is 0. The average Bonchev–Trinajstić information content (AvgIpc) is 2.98. The predicted octanol–water partition coefficient (Wildman–Crippen LogP) is 1.08. The van der Waals surface area contributed by atoms with Crippen molar-refractivity contribution >= 4 is 11.9 Å². The van der Waals surface area contributed by atoms with E-state index < -0.39 is 22.8 Å². The zero-order valence-electron chi connectivity index (χ0n) is 8.91. The molecule has 1 fully saturated rings. The van der Waals surface area contributed by atoms with E-state index in [0.717, 1.165) is 0 Å². The van der Waals surface area contributed by atoms with Gasteiger partial charge in [-0.05, 0) is 6.42 Å². The van der Waals surface area contributed by atoms with Gasteiger partial charge in [0.1, 0.15) is 0 Å². The largest absolute Gasteiger partial charge is 0.468 e. The van der Waals surface area contributed by atoms with Crippen LogP contribution in [0.15, 0.2) is 25.3 Å². The lowest BCUT2D eigenvalue weighted by Crippen LogP contribution is -2.33. The van der Waals surface area contributed by atoms with Crippen LogP contribution in [0.4, 0.5) is 0 Å². The van der Waals surface area contributed by atoms with Gasteiger partial charge >= 0.3 is 11.9 Å². The molecule has 0 spiro atoms. The van der Waals surface area contributed by atoms with Crippen LogP contribution in [0, 0.1) is 10.8 Å². The maximum absolute atomic E-state index is 11.6. The van der Waals surface area contributed by atoms with E-state index in [4.69, 9.17) is 0 Å². The van der Waals surface area contributed by atoms with Gasteiger partial charge in [-0.25, -0.2) is 0 Å². The number of hydrogen-bond acceptors (Lipinski definition) is 4. The Morgan fingerprint density at radius 2 is 1.53 bits per heavy atom. The molecule has 0 N–H and O–H groups in total. The Morgan fingerprint density at radius 3 is 1.73 bits per heavy atom. The normalized spacial score (nSPS) is 19.9. The number of methoxy groups -OCH3 is 2. The number of esters is 2. The van der Waals surface area contributed by atoms with Crippen molar-refractivity contribution in [2.45, 2.75) is 6.42 Å². The molecule has 0 heterocycles. The number of carbonyl (C=O) groups is 2. The standard InChI is InChI=1S/C11H14O4/c1-5-10(6-2)7-11(10,8(12)14-3)9(13)15-4/h5-6H,1-2,7H2,3-4H3. The highest BCUT2D eigenvalue weighted by molar-refractivity contribution is 6.06. The molecule has 82 valence electrons. The molecule has 1 aliphatic rings. The number of carbonyl (C=O) groups excluding carboxylic acids is 2. The minimum Gasteiger partial charge on any atom is -0.468 e. The van der Waals surface area contributed by atoms with Gasteiger partial charge in [-0.3, -0.25) is 9.59 Å². The van der Waals surface area contributed by atoms with E-state index in [0.29, 0.717) is 6.42 Å². The predicted molar refractivity (Wildman–Crippen MR) is 53.9 cm³/mol. The van der Waals surface area contributed by atoms with Crippen molar-refractivity contribution in [3.8, 4) is 0 Å². The molecular formula is C11H14O4. The summed E-state index contributed by atoms with van der Waals surface area (Å²) in [5.41, 5.74) is -2.01. The molecule has 1 saturated carbocycles. The number of rotatable bonds is 4.